The minimum atomic E-state index is 0. The van der Waals surface area contributed by atoms with Crippen LogP contribution in [0.1, 0.15) is 1.43 Å². The molecular formula is H15KO9Ti2. The third-order valence-electron chi connectivity index (χ3n) is 0. The second-order valence-electron chi connectivity index (χ2n) is 0.0816. The van der Waals surface area contributed by atoms with Gasteiger partial charge in [-0.3, -0.25) is 0 Å². The van der Waals surface area contributed by atoms with E-state index in [2.05, 4.69) is 5.04 Å². The van der Waals surface area contributed by atoms with Crippen LogP contribution in [-0.2, 0) is 48.5 Å². The quantitative estimate of drug-likeness (QED) is 0.251. The van der Waals surface area contributed by atoms with Gasteiger partial charge in [0, 0.05) is 43.4 Å². The summed E-state index contributed by atoms with van der Waals surface area (Å²) in [5.41, 5.74) is 0. The van der Waals surface area contributed by atoms with Gasteiger partial charge in [-0.05, 0) is 0 Å². The first-order valence-corrected chi connectivity index (χ1v) is 0.365. The first-order chi connectivity index (χ1) is 1.41. The van der Waals surface area contributed by atoms with Crippen molar-refractivity contribution in [1.82, 2.24) is 0 Å². The van der Waals surface area contributed by atoms with Crippen LogP contribution in [0.5, 0.6) is 0 Å². The molecule has 14 N–H and O–H groups in total. The van der Waals surface area contributed by atoms with Crippen molar-refractivity contribution in [3.63, 3.8) is 0 Å². The minimum Gasteiger partial charge on any atom is -1.00 e. The van der Waals surface area contributed by atoms with Gasteiger partial charge in [-0.2, -0.15) is 0 Å². The van der Waals surface area contributed by atoms with Crippen LogP contribution in [-0.4, -0.2) is 43.4 Å². The van der Waals surface area contributed by atoms with Crippen molar-refractivity contribution in [2.75, 3.05) is 0 Å². The Morgan fingerprint density at radius 1 is 0.667 bits per heavy atom. The predicted molar refractivity (Wildman–Crippen MR) is 29.1 cm³/mol. The molecule has 12 heavy (non-hydrogen) atoms. The molecule has 9 nitrogen and oxygen atoms in total. The van der Waals surface area contributed by atoms with Crippen LogP contribution in [0.15, 0.2) is 0 Å². The van der Waals surface area contributed by atoms with E-state index >= 15 is 0 Å². The van der Waals surface area contributed by atoms with E-state index in [-0.39, 0.29) is 129 Å². The third kappa shape index (κ3) is 238. The van der Waals surface area contributed by atoms with Gasteiger partial charge in [0.15, 0.2) is 0 Å². The summed E-state index contributed by atoms with van der Waals surface area (Å²) in [6.45, 7) is 0. The standard InChI is InChI=1S/K.H2O3.6H2O.2Ti.H/c;1-3-2;;;;;;;;;/h;1-2H;6*1H2;;;/q+1;;;;;;;;;;-1. The van der Waals surface area contributed by atoms with E-state index in [1.165, 1.54) is 0 Å². The summed E-state index contributed by atoms with van der Waals surface area (Å²) in [5.74, 6) is 0. The van der Waals surface area contributed by atoms with E-state index in [0.717, 1.165) is 0 Å². The molecule has 0 saturated carbocycles. The Morgan fingerprint density at radius 2 is 0.667 bits per heavy atom. The van der Waals surface area contributed by atoms with Crippen LogP contribution in [0, 0.1) is 0 Å². The van der Waals surface area contributed by atoms with Crippen molar-refractivity contribution in [3.8, 4) is 0 Å². The molecule has 0 bridgehead atoms. The first kappa shape index (κ1) is 125. The second kappa shape index (κ2) is 161. The Balaban J connectivity index is -0.000000000444. The van der Waals surface area contributed by atoms with Crippen LogP contribution in [0.4, 0.5) is 0 Å². The molecule has 0 amide bonds. The molecule has 0 saturated heterocycles. The fourth-order valence-electron chi connectivity index (χ4n) is 0. The number of hydrogen-bond acceptors (Lipinski definition) is 3. The molecule has 0 radical (unpaired) electrons. The van der Waals surface area contributed by atoms with Crippen molar-refractivity contribution < 1.29 is 145 Å². The van der Waals surface area contributed by atoms with Crippen LogP contribution in [0.25, 0.3) is 0 Å². The van der Waals surface area contributed by atoms with Crippen LogP contribution in [0.3, 0.4) is 0 Å². The molecule has 0 aromatic rings. The smallest absolute Gasteiger partial charge is 1.00 e. The molecule has 78 valence electrons. The largest absolute Gasteiger partial charge is 1.00 e. The molecule has 0 aromatic carbocycles. The third-order valence-corrected chi connectivity index (χ3v) is 0. The number of rotatable bonds is 0. The molecule has 0 heterocycles. The second-order valence-corrected chi connectivity index (χ2v) is 0.0816. The summed E-state index contributed by atoms with van der Waals surface area (Å²) in [6.07, 6.45) is 0. The van der Waals surface area contributed by atoms with Gasteiger partial charge in [0.05, 0.1) is 0 Å². The molecule has 0 rings (SSSR count). The Labute approximate surface area is 142 Å². The van der Waals surface area contributed by atoms with Crippen molar-refractivity contribution in [2.45, 2.75) is 0 Å². The molecule has 0 aromatic heterocycles. The minimum absolute atomic E-state index is 0. The SMILES string of the molecule is O.O.O.O.O.O.OOO.[H-].[K+].[Ti].[Ti]. The molecule has 12 heteroatoms. The average Bonchev–Trinajstić information content (AvgIpc) is 0.918. The average molecular weight is 294 g/mol. The van der Waals surface area contributed by atoms with Gasteiger partial charge in [-0.25, -0.2) is 10.5 Å². The first-order valence-electron chi connectivity index (χ1n) is 0.365. The summed E-state index contributed by atoms with van der Waals surface area (Å²) in [5, 5.41) is 15.5. The molecular weight excluding hydrogens is 279 g/mol. The van der Waals surface area contributed by atoms with Gasteiger partial charge in [0.25, 0.3) is 0 Å². The maximum atomic E-state index is 6.62. The summed E-state index contributed by atoms with van der Waals surface area (Å²) in [7, 11) is 0. The van der Waals surface area contributed by atoms with Gasteiger partial charge in [0.1, 0.15) is 0 Å². The summed E-state index contributed by atoms with van der Waals surface area (Å²) >= 11 is 0. The molecule has 0 spiro atoms. The molecule has 0 aliphatic carbocycles. The molecule has 0 atom stereocenters. The van der Waals surface area contributed by atoms with Crippen LogP contribution < -0.4 is 51.4 Å². The molecule has 0 aliphatic heterocycles. The van der Waals surface area contributed by atoms with Gasteiger partial charge in [0.2, 0.25) is 0 Å². The van der Waals surface area contributed by atoms with E-state index in [1.54, 1.807) is 0 Å². The predicted octanol–water partition coefficient (Wildman–Crippen LogP) is -7.89. The van der Waals surface area contributed by atoms with Crippen LogP contribution >= 0.6 is 0 Å². The van der Waals surface area contributed by atoms with Crippen LogP contribution in [0.2, 0.25) is 0 Å². The van der Waals surface area contributed by atoms with Crippen molar-refractivity contribution in [1.29, 1.82) is 0 Å². The molecule has 0 unspecified atom stereocenters. The fraction of sp³-hybridized carbons (Fsp3) is 0. The van der Waals surface area contributed by atoms with E-state index in [9.17, 15) is 0 Å². The van der Waals surface area contributed by atoms with Crippen molar-refractivity contribution >= 4 is 0 Å². The van der Waals surface area contributed by atoms with Crippen molar-refractivity contribution in [2.24, 2.45) is 0 Å². The monoisotopic (exact) mass is 294 g/mol. The zero-order valence-corrected chi connectivity index (χ0v) is 12.5. The molecule has 0 fully saturated rings. The summed E-state index contributed by atoms with van der Waals surface area (Å²) in [4.78, 5) is 0. The van der Waals surface area contributed by atoms with E-state index in [0.29, 0.717) is 0 Å². The van der Waals surface area contributed by atoms with E-state index in [4.69, 9.17) is 10.5 Å². The van der Waals surface area contributed by atoms with Gasteiger partial charge < -0.3 is 34.3 Å². The topological polar surface area (TPSA) is 239 Å². The summed E-state index contributed by atoms with van der Waals surface area (Å²) < 4.78 is 0. The normalized spacial score (nSPS) is 1.50. The Hall–Kier alpha value is 2.70. The maximum absolute atomic E-state index is 6.62. The van der Waals surface area contributed by atoms with Gasteiger partial charge >= 0.3 is 51.4 Å². The van der Waals surface area contributed by atoms with E-state index < -0.39 is 0 Å². The Morgan fingerprint density at radius 3 is 0.667 bits per heavy atom. The Kier molecular flexibility index (Phi) is 1680. The Bertz CT molecular complexity index is 17.6. The van der Waals surface area contributed by atoms with E-state index in [1.807, 2.05) is 0 Å². The maximum Gasteiger partial charge on any atom is 1.00 e. The number of hydrogen-bond donors (Lipinski definition) is 2. The molecule has 0 aliphatic rings. The zero-order chi connectivity index (χ0) is 2.71. The van der Waals surface area contributed by atoms with Gasteiger partial charge in [-0.1, -0.05) is 5.04 Å². The fourth-order valence-corrected chi connectivity index (χ4v) is 0. The van der Waals surface area contributed by atoms with Crippen molar-refractivity contribution in [3.05, 3.63) is 0 Å². The zero-order valence-electron chi connectivity index (χ0n) is 7.30. The summed E-state index contributed by atoms with van der Waals surface area (Å²) in [6, 6.07) is 0. The van der Waals surface area contributed by atoms with Gasteiger partial charge in [-0.15, -0.1) is 0 Å².